The van der Waals surface area contributed by atoms with E-state index in [0.29, 0.717) is 12.8 Å². The zero-order chi connectivity index (χ0) is 15.2. The number of carboxylic acids is 1. The van der Waals surface area contributed by atoms with Crippen LogP contribution in [0.2, 0.25) is 0 Å². The normalized spacial score (nSPS) is 12.8. The van der Waals surface area contributed by atoms with Crippen molar-refractivity contribution in [2.75, 3.05) is 7.05 Å². The van der Waals surface area contributed by atoms with E-state index in [4.69, 9.17) is 0 Å². The summed E-state index contributed by atoms with van der Waals surface area (Å²) in [6, 6.07) is 8.74. The van der Waals surface area contributed by atoms with Gasteiger partial charge in [0, 0.05) is 0 Å². The van der Waals surface area contributed by atoms with Gasteiger partial charge in [0.2, 0.25) is 5.91 Å². The van der Waals surface area contributed by atoms with Gasteiger partial charge >= 0.3 is 5.97 Å². The zero-order valence-corrected chi connectivity index (χ0v) is 12.1. The van der Waals surface area contributed by atoms with E-state index in [1.54, 1.807) is 20.9 Å². The van der Waals surface area contributed by atoms with Gasteiger partial charge in [-0.05, 0) is 39.3 Å². The lowest BCUT2D eigenvalue weighted by molar-refractivity contribution is -0.142. The molecule has 0 spiro atoms. The summed E-state index contributed by atoms with van der Waals surface area (Å²) in [7, 11) is 1.67. The molecule has 0 bridgehead atoms. The van der Waals surface area contributed by atoms with Crippen molar-refractivity contribution in [2.45, 2.75) is 38.3 Å². The number of benzene rings is 1. The number of rotatable bonds is 7. The second kappa shape index (κ2) is 7.05. The maximum atomic E-state index is 12.0. The Labute approximate surface area is 119 Å². The van der Waals surface area contributed by atoms with Crippen LogP contribution in [0, 0.1) is 0 Å². The van der Waals surface area contributed by atoms with Gasteiger partial charge in [-0.15, -0.1) is 0 Å². The Bertz CT molecular complexity index is 457. The van der Waals surface area contributed by atoms with Crippen molar-refractivity contribution in [3.8, 4) is 0 Å². The van der Waals surface area contributed by atoms with Gasteiger partial charge < -0.3 is 15.7 Å². The van der Waals surface area contributed by atoms with Gasteiger partial charge in [0.1, 0.15) is 6.04 Å². The third-order valence-electron chi connectivity index (χ3n) is 3.36. The summed E-state index contributed by atoms with van der Waals surface area (Å²) in [5.41, 5.74) is 0.265. The SMILES string of the molecule is CNC(C)(C)C(=O)N[C@@H](CCc1ccccc1)C(=O)O. The molecule has 1 aromatic rings. The maximum absolute atomic E-state index is 12.0. The number of hydrogen-bond donors (Lipinski definition) is 3. The Morgan fingerprint density at radius 2 is 1.85 bits per heavy atom. The first-order valence-corrected chi connectivity index (χ1v) is 6.63. The van der Waals surface area contributed by atoms with Crippen molar-refractivity contribution in [3.05, 3.63) is 35.9 Å². The van der Waals surface area contributed by atoms with E-state index < -0.39 is 17.6 Å². The molecule has 5 heteroatoms. The third kappa shape index (κ3) is 4.66. The average Bonchev–Trinajstić information content (AvgIpc) is 2.43. The van der Waals surface area contributed by atoms with Crippen molar-refractivity contribution in [2.24, 2.45) is 0 Å². The van der Waals surface area contributed by atoms with Crippen LogP contribution >= 0.6 is 0 Å². The van der Waals surface area contributed by atoms with Crippen LogP contribution in [0.15, 0.2) is 30.3 Å². The summed E-state index contributed by atoms with van der Waals surface area (Å²) in [4.78, 5) is 23.2. The van der Waals surface area contributed by atoms with Crippen LogP contribution in [0.4, 0.5) is 0 Å². The van der Waals surface area contributed by atoms with E-state index >= 15 is 0 Å². The number of aryl methyl sites for hydroxylation is 1. The van der Waals surface area contributed by atoms with Crippen LogP contribution < -0.4 is 10.6 Å². The van der Waals surface area contributed by atoms with Crippen molar-refractivity contribution >= 4 is 11.9 Å². The molecular weight excluding hydrogens is 256 g/mol. The van der Waals surface area contributed by atoms with Crippen LogP contribution in [-0.4, -0.2) is 35.6 Å². The smallest absolute Gasteiger partial charge is 0.326 e. The number of carboxylic acid groups (broad SMARTS) is 1. The van der Waals surface area contributed by atoms with E-state index in [2.05, 4.69) is 10.6 Å². The van der Waals surface area contributed by atoms with Crippen molar-refractivity contribution in [1.29, 1.82) is 0 Å². The summed E-state index contributed by atoms with van der Waals surface area (Å²) < 4.78 is 0. The third-order valence-corrected chi connectivity index (χ3v) is 3.36. The number of aliphatic carboxylic acids is 1. The molecule has 1 atom stereocenters. The maximum Gasteiger partial charge on any atom is 0.326 e. The summed E-state index contributed by atoms with van der Waals surface area (Å²) in [6.45, 7) is 3.41. The van der Waals surface area contributed by atoms with Crippen LogP contribution in [0.3, 0.4) is 0 Å². The first kappa shape index (κ1) is 16.2. The Kier molecular flexibility index (Phi) is 5.70. The van der Waals surface area contributed by atoms with Crippen LogP contribution in [0.5, 0.6) is 0 Å². The fourth-order valence-corrected chi connectivity index (χ4v) is 1.67. The number of amides is 1. The van der Waals surface area contributed by atoms with Crippen LogP contribution in [-0.2, 0) is 16.0 Å². The number of hydrogen-bond acceptors (Lipinski definition) is 3. The Morgan fingerprint density at radius 3 is 2.35 bits per heavy atom. The molecule has 5 nitrogen and oxygen atoms in total. The highest BCUT2D eigenvalue weighted by Crippen LogP contribution is 2.07. The second-order valence-corrected chi connectivity index (χ2v) is 5.26. The van der Waals surface area contributed by atoms with Crippen LogP contribution in [0.1, 0.15) is 25.8 Å². The Morgan fingerprint density at radius 1 is 1.25 bits per heavy atom. The first-order valence-electron chi connectivity index (χ1n) is 6.63. The standard InChI is InChI=1S/C15H22N2O3/c1-15(2,16-3)14(20)17-12(13(18)19)10-9-11-7-5-4-6-8-11/h4-8,12,16H,9-10H2,1-3H3,(H,17,20)(H,18,19)/t12-/m0/s1. The fraction of sp³-hybridized carbons (Fsp3) is 0.467. The monoisotopic (exact) mass is 278 g/mol. The predicted molar refractivity (Wildman–Crippen MR) is 77.5 cm³/mol. The highest BCUT2D eigenvalue weighted by Gasteiger charge is 2.29. The molecule has 1 aromatic carbocycles. The molecule has 0 aliphatic heterocycles. The van der Waals surface area contributed by atoms with Crippen molar-refractivity contribution in [3.63, 3.8) is 0 Å². The largest absolute Gasteiger partial charge is 0.480 e. The van der Waals surface area contributed by atoms with Gasteiger partial charge in [0.25, 0.3) is 0 Å². The molecule has 1 rings (SSSR count). The minimum Gasteiger partial charge on any atom is -0.480 e. The molecular formula is C15H22N2O3. The van der Waals surface area contributed by atoms with E-state index in [9.17, 15) is 14.7 Å². The molecule has 3 N–H and O–H groups in total. The second-order valence-electron chi connectivity index (χ2n) is 5.26. The lowest BCUT2D eigenvalue weighted by Gasteiger charge is -2.25. The van der Waals surface area contributed by atoms with E-state index in [0.717, 1.165) is 5.56 Å². The van der Waals surface area contributed by atoms with Gasteiger partial charge in [-0.25, -0.2) is 4.79 Å². The molecule has 0 aliphatic carbocycles. The minimum atomic E-state index is -1.01. The average molecular weight is 278 g/mol. The Hall–Kier alpha value is -1.88. The number of carbonyl (C=O) groups is 2. The molecule has 0 heterocycles. The highest BCUT2D eigenvalue weighted by molar-refractivity contribution is 5.89. The zero-order valence-electron chi connectivity index (χ0n) is 12.1. The predicted octanol–water partition coefficient (Wildman–Crippen LogP) is 1.19. The van der Waals surface area contributed by atoms with E-state index in [1.807, 2.05) is 30.3 Å². The molecule has 0 unspecified atom stereocenters. The molecule has 20 heavy (non-hydrogen) atoms. The number of carbonyl (C=O) groups excluding carboxylic acids is 1. The van der Waals surface area contributed by atoms with Crippen molar-refractivity contribution in [1.82, 2.24) is 10.6 Å². The minimum absolute atomic E-state index is 0.319. The fourth-order valence-electron chi connectivity index (χ4n) is 1.67. The van der Waals surface area contributed by atoms with Crippen LogP contribution in [0.25, 0.3) is 0 Å². The Balaban J connectivity index is 2.62. The molecule has 110 valence electrons. The molecule has 0 saturated carbocycles. The van der Waals surface area contributed by atoms with Crippen molar-refractivity contribution < 1.29 is 14.7 Å². The van der Waals surface area contributed by atoms with E-state index in [-0.39, 0.29) is 5.91 Å². The van der Waals surface area contributed by atoms with E-state index in [1.165, 1.54) is 0 Å². The topological polar surface area (TPSA) is 78.4 Å². The lowest BCUT2D eigenvalue weighted by Crippen LogP contribution is -2.55. The molecule has 0 saturated heterocycles. The molecule has 0 fully saturated rings. The summed E-state index contributed by atoms with van der Waals surface area (Å²) in [6.07, 6.45) is 0.975. The quantitative estimate of drug-likeness (QED) is 0.700. The molecule has 1 amide bonds. The summed E-state index contributed by atoms with van der Waals surface area (Å²) in [5.74, 6) is -1.33. The van der Waals surface area contributed by atoms with Gasteiger partial charge in [0.05, 0.1) is 5.54 Å². The van der Waals surface area contributed by atoms with Gasteiger partial charge in [-0.1, -0.05) is 30.3 Å². The highest BCUT2D eigenvalue weighted by atomic mass is 16.4. The molecule has 0 aliphatic rings. The summed E-state index contributed by atoms with van der Waals surface area (Å²) in [5, 5.41) is 14.6. The number of likely N-dealkylation sites (N-methyl/N-ethyl adjacent to an activating group) is 1. The van der Waals surface area contributed by atoms with Gasteiger partial charge in [-0.2, -0.15) is 0 Å². The van der Waals surface area contributed by atoms with Gasteiger partial charge in [0.15, 0.2) is 0 Å². The van der Waals surface area contributed by atoms with Gasteiger partial charge in [-0.3, -0.25) is 4.79 Å². The summed E-state index contributed by atoms with van der Waals surface area (Å²) >= 11 is 0. The lowest BCUT2D eigenvalue weighted by atomic mass is 10.0. The molecule has 0 radical (unpaired) electrons. The molecule has 0 aromatic heterocycles. The number of nitrogens with one attached hydrogen (secondary N) is 2. The first-order chi connectivity index (χ1) is 9.36.